The largest absolute Gasteiger partial charge is 0.365 e. The lowest BCUT2D eigenvalue weighted by Crippen LogP contribution is -2.55. The smallest absolute Gasteiger partial charge is 0.254 e. The molecule has 0 spiro atoms. The zero-order valence-corrected chi connectivity index (χ0v) is 12.9. The third kappa shape index (κ3) is 2.60. The summed E-state index contributed by atoms with van der Waals surface area (Å²) >= 11 is 0. The normalized spacial score (nSPS) is 40.0. The third-order valence-electron chi connectivity index (χ3n) is 5.29. The molecule has 114 valence electrons. The summed E-state index contributed by atoms with van der Waals surface area (Å²) in [6.45, 7) is 5.76. The molecule has 4 nitrogen and oxygen atoms in total. The van der Waals surface area contributed by atoms with E-state index in [0.29, 0.717) is 18.1 Å². The Hall–Kier alpha value is -0.610. The summed E-state index contributed by atoms with van der Waals surface area (Å²) in [5.74, 6) is 0.239. The Labute approximate surface area is 122 Å². The molecule has 3 aliphatic heterocycles. The fourth-order valence-corrected chi connectivity index (χ4v) is 4.22. The Kier molecular flexibility index (Phi) is 4.04. The number of nitrogens with one attached hydrogen (secondary N) is 1. The van der Waals surface area contributed by atoms with Crippen LogP contribution in [0.1, 0.15) is 58.8 Å². The summed E-state index contributed by atoms with van der Waals surface area (Å²) in [6, 6.07) is 1.67. The van der Waals surface area contributed by atoms with Crippen LogP contribution >= 0.6 is 0 Å². The van der Waals surface area contributed by atoms with Gasteiger partial charge in [0.05, 0.1) is 0 Å². The van der Waals surface area contributed by atoms with Gasteiger partial charge in [-0.2, -0.15) is 0 Å². The summed E-state index contributed by atoms with van der Waals surface area (Å²) in [6.07, 6.45) is 7.73. The molecule has 4 heteroatoms. The maximum absolute atomic E-state index is 13.0. The zero-order chi connectivity index (χ0) is 14.2. The van der Waals surface area contributed by atoms with Crippen LogP contribution in [0.5, 0.6) is 0 Å². The number of carbonyl (C=O) groups is 1. The van der Waals surface area contributed by atoms with Gasteiger partial charge in [-0.05, 0) is 51.9 Å². The minimum atomic E-state index is -0.556. The van der Waals surface area contributed by atoms with E-state index in [1.165, 1.54) is 12.8 Å². The molecular formula is C16H28N2O2. The molecule has 3 fully saturated rings. The van der Waals surface area contributed by atoms with Crippen LogP contribution in [0.15, 0.2) is 0 Å². The van der Waals surface area contributed by atoms with Crippen molar-refractivity contribution in [3.8, 4) is 0 Å². The van der Waals surface area contributed by atoms with E-state index in [-0.39, 0.29) is 5.91 Å². The molecule has 0 aromatic rings. The van der Waals surface area contributed by atoms with E-state index in [1.54, 1.807) is 0 Å². The maximum Gasteiger partial charge on any atom is 0.254 e. The number of nitrogens with zero attached hydrogens (tertiary/aromatic N) is 1. The number of hydrogen-bond acceptors (Lipinski definition) is 3. The van der Waals surface area contributed by atoms with E-state index in [2.05, 4.69) is 17.1 Å². The van der Waals surface area contributed by atoms with Crippen LogP contribution < -0.4 is 5.32 Å². The fraction of sp³-hybridized carbons (Fsp3) is 0.938. The second-order valence-corrected chi connectivity index (χ2v) is 6.94. The number of amides is 1. The average Bonchev–Trinajstić information content (AvgIpc) is 3.02. The summed E-state index contributed by atoms with van der Waals surface area (Å²) in [5, 5.41) is 3.67. The van der Waals surface area contributed by atoms with Crippen LogP contribution in [-0.4, -0.2) is 47.7 Å². The van der Waals surface area contributed by atoms with E-state index < -0.39 is 5.60 Å². The van der Waals surface area contributed by atoms with Gasteiger partial charge in [0.2, 0.25) is 0 Å². The van der Waals surface area contributed by atoms with Crippen LogP contribution in [0.4, 0.5) is 0 Å². The second kappa shape index (κ2) is 5.64. The monoisotopic (exact) mass is 280 g/mol. The molecular weight excluding hydrogens is 252 g/mol. The molecule has 20 heavy (non-hydrogen) atoms. The average molecular weight is 280 g/mol. The van der Waals surface area contributed by atoms with Crippen molar-refractivity contribution in [2.24, 2.45) is 0 Å². The first-order chi connectivity index (χ1) is 9.62. The Bertz CT molecular complexity index is 353. The molecule has 3 heterocycles. The van der Waals surface area contributed by atoms with Crippen LogP contribution in [-0.2, 0) is 9.53 Å². The van der Waals surface area contributed by atoms with Crippen molar-refractivity contribution in [2.45, 2.75) is 82.5 Å². The van der Waals surface area contributed by atoms with Crippen molar-refractivity contribution in [1.29, 1.82) is 0 Å². The van der Waals surface area contributed by atoms with E-state index in [1.807, 2.05) is 6.92 Å². The maximum atomic E-state index is 13.0. The molecule has 0 radical (unpaired) electrons. The van der Waals surface area contributed by atoms with Gasteiger partial charge in [-0.3, -0.25) is 4.79 Å². The van der Waals surface area contributed by atoms with Gasteiger partial charge < -0.3 is 15.0 Å². The lowest BCUT2D eigenvalue weighted by molar-refractivity contribution is -0.154. The van der Waals surface area contributed by atoms with Crippen molar-refractivity contribution in [1.82, 2.24) is 10.2 Å². The predicted molar refractivity (Wildman–Crippen MR) is 78.6 cm³/mol. The van der Waals surface area contributed by atoms with Gasteiger partial charge in [0.15, 0.2) is 0 Å². The van der Waals surface area contributed by atoms with Crippen molar-refractivity contribution in [2.75, 3.05) is 13.2 Å². The van der Waals surface area contributed by atoms with Gasteiger partial charge in [0.25, 0.3) is 5.91 Å². The van der Waals surface area contributed by atoms with Gasteiger partial charge in [-0.15, -0.1) is 0 Å². The molecule has 3 aliphatic rings. The first kappa shape index (κ1) is 14.3. The lowest BCUT2D eigenvalue weighted by Gasteiger charge is -2.41. The Morgan fingerprint density at radius 3 is 2.60 bits per heavy atom. The Balaban J connectivity index is 1.73. The zero-order valence-electron chi connectivity index (χ0n) is 12.9. The predicted octanol–water partition coefficient (Wildman–Crippen LogP) is 2.08. The Morgan fingerprint density at radius 1 is 1.35 bits per heavy atom. The highest BCUT2D eigenvalue weighted by atomic mass is 16.5. The fourth-order valence-electron chi connectivity index (χ4n) is 4.22. The first-order valence-corrected chi connectivity index (χ1v) is 8.33. The van der Waals surface area contributed by atoms with Crippen molar-refractivity contribution in [3.63, 3.8) is 0 Å². The molecule has 0 aliphatic carbocycles. The molecule has 0 saturated carbocycles. The summed E-state index contributed by atoms with van der Waals surface area (Å²) in [4.78, 5) is 15.1. The topological polar surface area (TPSA) is 41.6 Å². The standard InChI is InChI=1S/C16H28N2O2/c1-3-8-18(15(19)16(2)7-4-9-20-16)14-10-12-5-6-13(11-14)17-12/h12-14,17H,3-11H2,1-2H3. The van der Waals surface area contributed by atoms with Crippen molar-refractivity contribution < 1.29 is 9.53 Å². The molecule has 1 N–H and O–H groups in total. The van der Waals surface area contributed by atoms with E-state index >= 15 is 0 Å². The lowest BCUT2D eigenvalue weighted by atomic mass is 9.94. The highest BCUT2D eigenvalue weighted by molar-refractivity contribution is 5.85. The highest BCUT2D eigenvalue weighted by Gasteiger charge is 2.44. The first-order valence-electron chi connectivity index (χ1n) is 8.33. The van der Waals surface area contributed by atoms with E-state index in [9.17, 15) is 4.79 Å². The van der Waals surface area contributed by atoms with Crippen LogP contribution in [0, 0.1) is 0 Å². The molecule has 3 rings (SSSR count). The van der Waals surface area contributed by atoms with Crippen molar-refractivity contribution in [3.05, 3.63) is 0 Å². The molecule has 2 bridgehead atoms. The number of hydrogen-bond donors (Lipinski definition) is 1. The quantitative estimate of drug-likeness (QED) is 0.857. The molecule has 0 aromatic carbocycles. The Morgan fingerprint density at radius 2 is 2.05 bits per heavy atom. The SMILES string of the molecule is CCCN(C(=O)C1(C)CCCO1)C1CC2CCC(C1)N2. The minimum Gasteiger partial charge on any atom is -0.365 e. The molecule has 3 saturated heterocycles. The van der Waals surface area contributed by atoms with Gasteiger partial charge >= 0.3 is 0 Å². The van der Waals surface area contributed by atoms with Gasteiger partial charge in [0, 0.05) is 31.3 Å². The summed E-state index contributed by atoms with van der Waals surface area (Å²) in [5.41, 5.74) is -0.556. The summed E-state index contributed by atoms with van der Waals surface area (Å²) < 4.78 is 5.78. The third-order valence-corrected chi connectivity index (χ3v) is 5.29. The number of carbonyl (C=O) groups excluding carboxylic acids is 1. The van der Waals surface area contributed by atoms with Crippen LogP contribution in [0.3, 0.4) is 0 Å². The summed E-state index contributed by atoms with van der Waals surface area (Å²) in [7, 11) is 0. The molecule has 3 atom stereocenters. The van der Waals surface area contributed by atoms with Gasteiger partial charge in [-0.1, -0.05) is 6.92 Å². The van der Waals surface area contributed by atoms with Crippen LogP contribution in [0.25, 0.3) is 0 Å². The number of rotatable bonds is 4. The molecule has 0 aromatic heterocycles. The van der Waals surface area contributed by atoms with E-state index in [0.717, 1.165) is 45.3 Å². The highest BCUT2D eigenvalue weighted by Crippen LogP contribution is 2.33. The minimum absolute atomic E-state index is 0.239. The molecule has 1 amide bonds. The van der Waals surface area contributed by atoms with Gasteiger partial charge in [0.1, 0.15) is 5.60 Å². The second-order valence-electron chi connectivity index (χ2n) is 6.94. The molecule has 3 unspecified atom stereocenters. The van der Waals surface area contributed by atoms with Gasteiger partial charge in [-0.25, -0.2) is 0 Å². The van der Waals surface area contributed by atoms with Crippen LogP contribution in [0.2, 0.25) is 0 Å². The number of ether oxygens (including phenoxy) is 1. The van der Waals surface area contributed by atoms with Crippen molar-refractivity contribution >= 4 is 5.91 Å². The number of fused-ring (bicyclic) bond motifs is 2. The number of piperidine rings is 1. The van der Waals surface area contributed by atoms with E-state index in [4.69, 9.17) is 4.74 Å².